The summed E-state index contributed by atoms with van der Waals surface area (Å²) < 4.78 is 7.57. The van der Waals surface area contributed by atoms with Crippen LogP contribution in [0.3, 0.4) is 0 Å². The summed E-state index contributed by atoms with van der Waals surface area (Å²) >= 11 is 1.73. The standard InChI is InChI=1S/C29H36N4OSSi/c1-29(2,3)36(4,5)34-24-10-8-9-23(17-24)32-28-27-25(30-20-31-28)18-26(35-27)22-13-11-21(12-14-22)19-33-15-6-7-16-33/h8-14,17-18,20H,6-7,15-16,19H2,1-5H3,(H,30,31,32). The quantitative estimate of drug-likeness (QED) is 0.252. The van der Waals surface area contributed by atoms with Crippen LogP contribution in [0.25, 0.3) is 20.7 Å². The van der Waals surface area contributed by atoms with E-state index in [1.807, 2.05) is 12.1 Å². The van der Waals surface area contributed by atoms with Gasteiger partial charge in [-0.1, -0.05) is 51.1 Å². The molecule has 1 aliphatic rings. The van der Waals surface area contributed by atoms with Crippen molar-refractivity contribution in [1.29, 1.82) is 0 Å². The van der Waals surface area contributed by atoms with Crippen LogP contribution in [-0.2, 0) is 6.54 Å². The molecule has 0 bridgehead atoms. The first kappa shape index (κ1) is 24.9. The zero-order valence-electron chi connectivity index (χ0n) is 22.0. The number of aromatic nitrogens is 2. The number of benzene rings is 2. The number of fused-ring (bicyclic) bond motifs is 1. The van der Waals surface area contributed by atoms with Gasteiger partial charge < -0.3 is 9.74 Å². The highest BCUT2D eigenvalue weighted by Gasteiger charge is 2.39. The fraction of sp³-hybridized carbons (Fsp3) is 0.379. The van der Waals surface area contributed by atoms with Gasteiger partial charge in [-0.25, -0.2) is 9.97 Å². The van der Waals surface area contributed by atoms with Crippen LogP contribution in [0.15, 0.2) is 60.9 Å². The SMILES string of the molecule is CC(C)(C)[Si](C)(C)Oc1cccc(Nc2ncnc3cc(-c4ccc(CN5CCCC5)cc4)sc23)c1. The van der Waals surface area contributed by atoms with Crippen molar-refractivity contribution >= 4 is 41.4 Å². The van der Waals surface area contributed by atoms with E-state index < -0.39 is 8.32 Å². The largest absolute Gasteiger partial charge is 0.543 e. The fourth-order valence-electron chi connectivity index (χ4n) is 4.28. The average molecular weight is 517 g/mol. The van der Waals surface area contributed by atoms with E-state index in [2.05, 4.69) is 96.5 Å². The minimum atomic E-state index is -1.91. The number of hydrogen-bond acceptors (Lipinski definition) is 6. The van der Waals surface area contributed by atoms with Crippen LogP contribution in [0.5, 0.6) is 5.75 Å². The molecule has 0 spiro atoms. The van der Waals surface area contributed by atoms with E-state index in [-0.39, 0.29) is 5.04 Å². The fourth-order valence-corrected chi connectivity index (χ4v) is 6.36. The molecule has 3 heterocycles. The second-order valence-electron chi connectivity index (χ2n) is 11.2. The molecular weight excluding hydrogens is 480 g/mol. The maximum atomic E-state index is 6.51. The first-order valence-electron chi connectivity index (χ1n) is 12.8. The van der Waals surface area contributed by atoms with Crippen LogP contribution in [-0.4, -0.2) is 36.3 Å². The van der Waals surface area contributed by atoms with E-state index in [0.29, 0.717) is 0 Å². The average Bonchev–Trinajstić information content (AvgIpc) is 3.49. The van der Waals surface area contributed by atoms with Crippen molar-refractivity contribution in [2.45, 2.75) is 58.3 Å². The molecule has 2 aromatic heterocycles. The van der Waals surface area contributed by atoms with Gasteiger partial charge in [-0.15, -0.1) is 11.3 Å². The van der Waals surface area contributed by atoms with E-state index in [9.17, 15) is 0 Å². The lowest BCUT2D eigenvalue weighted by molar-refractivity contribution is 0.331. The molecule has 0 saturated carbocycles. The molecule has 5 nitrogen and oxygen atoms in total. The molecule has 1 aliphatic heterocycles. The summed E-state index contributed by atoms with van der Waals surface area (Å²) in [7, 11) is -1.91. The molecule has 0 atom stereocenters. The molecule has 188 valence electrons. The smallest absolute Gasteiger partial charge is 0.250 e. The summed E-state index contributed by atoms with van der Waals surface area (Å²) in [6.07, 6.45) is 4.28. The van der Waals surface area contributed by atoms with Crippen LogP contribution in [0.4, 0.5) is 11.5 Å². The Kier molecular flexibility index (Phi) is 6.90. The highest BCUT2D eigenvalue weighted by Crippen LogP contribution is 2.39. The van der Waals surface area contributed by atoms with Crippen molar-refractivity contribution in [3.8, 4) is 16.2 Å². The van der Waals surface area contributed by atoms with Gasteiger partial charge in [0.2, 0.25) is 8.32 Å². The Morgan fingerprint density at radius 3 is 2.47 bits per heavy atom. The van der Waals surface area contributed by atoms with Gasteiger partial charge in [0.1, 0.15) is 12.1 Å². The van der Waals surface area contributed by atoms with Crippen molar-refractivity contribution in [3.05, 3.63) is 66.5 Å². The molecule has 1 N–H and O–H groups in total. The maximum absolute atomic E-state index is 6.51. The van der Waals surface area contributed by atoms with Gasteiger partial charge in [-0.05, 0) is 73.4 Å². The second-order valence-corrected chi connectivity index (χ2v) is 17.0. The van der Waals surface area contributed by atoms with E-state index in [0.717, 1.165) is 34.0 Å². The van der Waals surface area contributed by atoms with Crippen molar-refractivity contribution in [1.82, 2.24) is 14.9 Å². The van der Waals surface area contributed by atoms with Gasteiger partial charge in [0.25, 0.3) is 0 Å². The Morgan fingerprint density at radius 2 is 1.75 bits per heavy atom. The monoisotopic (exact) mass is 516 g/mol. The summed E-state index contributed by atoms with van der Waals surface area (Å²) in [6, 6.07) is 19.4. The van der Waals surface area contributed by atoms with Crippen LogP contribution < -0.4 is 9.74 Å². The van der Waals surface area contributed by atoms with Gasteiger partial charge in [-0.3, -0.25) is 4.90 Å². The Balaban J connectivity index is 1.35. The zero-order chi connectivity index (χ0) is 25.3. The number of thiophene rings is 1. The molecule has 0 radical (unpaired) electrons. The summed E-state index contributed by atoms with van der Waals surface area (Å²) in [5.41, 5.74) is 4.53. The van der Waals surface area contributed by atoms with Gasteiger partial charge in [0, 0.05) is 23.2 Å². The van der Waals surface area contributed by atoms with E-state index >= 15 is 0 Å². The van der Waals surface area contributed by atoms with E-state index in [1.54, 1.807) is 17.7 Å². The third kappa shape index (κ3) is 5.48. The number of anilines is 2. The summed E-state index contributed by atoms with van der Waals surface area (Å²) in [5, 5.41) is 3.66. The zero-order valence-corrected chi connectivity index (χ0v) is 23.8. The Bertz CT molecular complexity index is 1340. The molecule has 7 heteroatoms. The Labute approximate surface area is 219 Å². The van der Waals surface area contributed by atoms with Gasteiger partial charge in [0.15, 0.2) is 5.82 Å². The molecule has 0 amide bonds. The lowest BCUT2D eigenvalue weighted by Gasteiger charge is -2.36. The molecular formula is C29H36N4OSSi. The number of hydrogen-bond donors (Lipinski definition) is 1. The van der Waals surface area contributed by atoms with E-state index in [1.165, 1.54) is 41.9 Å². The molecule has 0 aliphatic carbocycles. The lowest BCUT2D eigenvalue weighted by atomic mass is 10.1. The second kappa shape index (κ2) is 9.96. The molecule has 4 aromatic rings. The molecule has 36 heavy (non-hydrogen) atoms. The number of rotatable bonds is 7. The van der Waals surface area contributed by atoms with Gasteiger partial charge >= 0.3 is 0 Å². The highest BCUT2D eigenvalue weighted by atomic mass is 32.1. The normalized spacial score (nSPS) is 14.9. The van der Waals surface area contributed by atoms with Crippen LogP contribution >= 0.6 is 11.3 Å². The predicted molar refractivity (Wildman–Crippen MR) is 155 cm³/mol. The molecule has 2 aromatic carbocycles. The van der Waals surface area contributed by atoms with Crippen molar-refractivity contribution in [3.63, 3.8) is 0 Å². The van der Waals surface area contributed by atoms with Crippen molar-refractivity contribution in [2.75, 3.05) is 18.4 Å². The summed E-state index contributed by atoms with van der Waals surface area (Å²) in [6.45, 7) is 14.8. The van der Waals surface area contributed by atoms with Crippen LogP contribution in [0, 0.1) is 0 Å². The lowest BCUT2D eigenvalue weighted by Crippen LogP contribution is -2.43. The third-order valence-electron chi connectivity index (χ3n) is 7.43. The molecule has 1 saturated heterocycles. The molecule has 0 unspecified atom stereocenters. The minimum absolute atomic E-state index is 0.148. The molecule has 5 rings (SSSR count). The van der Waals surface area contributed by atoms with Crippen LogP contribution in [0.1, 0.15) is 39.2 Å². The Hall–Kier alpha value is -2.74. The topological polar surface area (TPSA) is 50.3 Å². The molecule has 1 fully saturated rings. The number of nitrogens with one attached hydrogen (secondary N) is 1. The first-order valence-corrected chi connectivity index (χ1v) is 16.5. The minimum Gasteiger partial charge on any atom is -0.543 e. The first-order chi connectivity index (χ1) is 17.2. The summed E-state index contributed by atoms with van der Waals surface area (Å²) in [4.78, 5) is 12.9. The van der Waals surface area contributed by atoms with E-state index in [4.69, 9.17) is 4.43 Å². The van der Waals surface area contributed by atoms with Gasteiger partial charge in [0.05, 0.1) is 10.2 Å². The number of likely N-dealkylation sites (tertiary alicyclic amines) is 1. The summed E-state index contributed by atoms with van der Waals surface area (Å²) in [5.74, 6) is 1.73. The van der Waals surface area contributed by atoms with Crippen molar-refractivity contribution in [2.24, 2.45) is 0 Å². The maximum Gasteiger partial charge on any atom is 0.250 e. The Morgan fingerprint density at radius 1 is 1.00 bits per heavy atom. The van der Waals surface area contributed by atoms with Crippen LogP contribution in [0.2, 0.25) is 18.1 Å². The number of nitrogens with zero attached hydrogens (tertiary/aromatic N) is 3. The van der Waals surface area contributed by atoms with Crippen molar-refractivity contribution < 1.29 is 4.43 Å². The third-order valence-corrected chi connectivity index (χ3v) is 13.0. The highest BCUT2D eigenvalue weighted by molar-refractivity contribution is 7.22. The predicted octanol–water partition coefficient (Wildman–Crippen LogP) is 8.08. The van der Waals surface area contributed by atoms with Gasteiger partial charge in [-0.2, -0.15) is 0 Å².